The molecule has 1 aromatic heterocycles. The second-order valence-electron chi connectivity index (χ2n) is 3.62. The molecule has 6 nitrogen and oxygen atoms in total. The highest BCUT2D eigenvalue weighted by Gasteiger charge is 2.33. The molecular weight excluding hydrogens is 198 g/mol. The standard InChI is InChI=1S/C9H13N3O3/c10-8-3-4-12(9(14)11-8)15-7(5-13)6-1-2-6/h3-4,6-7,13H,1-2,5H2,(H2,10,11,14)/t7-/m0/s1. The van der Waals surface area contributed by atoms with Crippen molar-refractivity contribution in [3.63, 3.8) is 0 Å². The van der Waals surface area contributed by atoms with E-state index < -0.39 is 5.69 Å². The third-order valence-electron chi connectivity index (χ3n) is 2.37. The Kier molecular flexibility index (Phi) is 2.59. The van der Waals surface area contributed by atoms with Crippen molar-refractivity contribution < 1.29 is 9.94 Å². The molecule has 0 aromatic carbocycles. The third kappa shape index (κ3) is 2.27. The molecule has 0 bridgehead atoms. The van der Waals surface area contributed by atoms with Crippen molar-refractivity contribution in [2.75, 3.05) is 12.3 Å². The van der Waals surface area contributed by atoms with E-state index in [2.05, 4.69) is 4.98 Å². The largest absolute Gasteiger partial charge is 0.404 e. The number of nitrogens with zero attached hydrogens (tertiary/aromatic N) is 2. The molecule has 15 heavy (non-hydrogen) atoms. The number of hydrogen-bond acceptors (Lipinski definition) is 5. The summed E-state index contributed by atoms with van der Waals surface area (Å²) in [6, 6.07) is 1.47. The van der Waals surface area contributed by atoms with E-state index in [4.69, 9.17) is 15.7 Å². The van der Waals surface area contributed by atoms with E-state index in [1.54, 1.807) is 0 Å². The quantitative estimate of drug-likeness (QED) is 0.668. The van der Waals surface area contributed by atoms with Crippen LogP contribution in [0.2, 0.25) is 0 Å². The highest BCUT2D eigenvalue weighted by molar-refractivity contribution is 5.23. The summed E-state index contributed by atoms with van der Waals surface area (Å²) < 4.78 is 1.01. The lowest BCUT2D eigenvalue weighted by molar-refractivity contribution is -0.0171. The maximum Gasteiger partial charge on any atom is 0.382 e. The molecule has 1 atom stereocenters. The fourth-order valence-electron chi connectivity index (χ4n) is 1.37. The van der Waals surface area contributed by atoms with E-state index in [0.717, 1.165) is 17.6 Å². The molecule has 0 amide bonds. The summed E-state index contributed by atoms with van der Waals surface area (Å²) in [5, 5.41) is 9.06. The lowest BCUT2D eigenvalue weighted by atomic mass is 10.2. The Balaban J connectivity index is 2.12. The Morgan fingerprint density at radius 2 is 2.47 bits per heavy atom. The minimum atomic E-state index is -0.561. The number of aliphatic hydroxyl groups excluding tert-OH is 1. The first kappa shape index (κ1) is 9.97. The van der Waals surface area contributed by atoms with Crippen molar-refractivity contribution in [1.29, 1.82) is 0 Å². The van der Waals surface area contributed by atoms with E-state index in [1.165, 1.54) is 12.3 Å². The summed E-state index contributed by atoms with van der Waals surface area (Å²) in [6.45, 7) is -0.0958. The number of nitrogens with two attached hydrogens (primary N) is 1. The normalized spacial score (nSPS) is 17.4. The maximum absolute atomic E-state index is 11.3. The first-order valence-electron chi connectivity index (χ1n) is 4.84. The lowest BCUT2D eigenvalue weighted by Gasteiger charge is -2.16. The number of aromatic nitrogens is 2. The first-order chi connectivity index (χ1) is 7.20. The third-order valence-corrected chi connectivity index (χ3v) is 2.37. The summed E-state index contributed by atoms with van der Waals surface area (Å²) in [5.74, 6) is 0.506. The van der Waals surface area contributed by atoms with E-state index in [1.807, 2.05) is 0 Å². The van der Waals surface area contributed by atoms with Crippen molar-refractivity contribution >= 4 is 5.82 Å². The van der Waals surface area contributed by atoms with Crippen LogP contribution in [0.15, 0.2) is 17.1 Å². The Hall–Kier alpha value is -1.56. The molecule has 1 aromatic rings. The second kappa shape index (κ2) is 3.90. The average Bonchev–Trinajstić information content (AvgIpc) is 3.00. The zero-order chi connectivity index (χ0) is 10.8. The van der Waals surface area contributed by atoms with Gasteiger partial charge in [-0.1, -0.05) is 0 Å². The van der Waals surface area contributed by atoms with Gasteiger partial charge >= 0.3 is 5.69 Å². The number of rotatable bonds is 4. The van der Waals surface area contributed by atoms with Crippen LogP contribution in [0.5, 0.6) is 0 Å². The van der Waals surface area contributed by atoms with Crippen molar-refractivity contribution in [3.8, 4) is 0 Å². The summed E-state index contributed by atoms with van der Waals surface area (Å²) in [6.07, 6.45) is 3.15. The summed E-state index contributed by atoms with van der Waals surface area (Å²) in [4.78, 5) is 20.1. The van der Waals surface area contributed by atoms with Gasteiger partial charge in [0, 0.05) is 12.0 Å². The molecule has 1 aliphatic rings. The molecule has 2 rings (SSSR count). The van der Waals surface area contributed by atoms with Crippen molar-refractivity contribution in [1.82, 2.24) is 9.71 Å². The van der Waals surface area contributed by atoms with Crippen molar-refractivity contribution in [2.24, 2.45) is 5.92 Å². The van der Waals surface area contributed by atoms with Crippen LogP contribution in [0.3, 0.4) is 0 Å². The minimum Gasteiger partial charge on any atom is -0.404 e. The predicted octanol–water partition coefficient (Wildman–Crippen LogP) is -0.975. The number of aliphatic hydroxyl groups is 1. The molecule has 1 saturated carbocycles. The molecule has 0 saturated heterocycles. The van der Waals surface area contributed by atoms with Crippen LogP contribution < -0.4 is 16.3 Å². The van der Waals surface area contributed by atoms with Crippen LogP contribution in [0.25, 0.3) is 0 Å². The lowest BCUT2D eigenvalue weighted by Crippen LogP contribution is -2.37. The average molecular weight is 211 g/mol. The topological polar surface area (TPSA) is 90.4 Å². The monoisotopic (exact) mass is 211 g/mol. The zero-order valence-corrected chi connectivity index (χ0v) is 8.17. The molecule has 1 aliphatic carbocycles. The number of anilines is 1. The van der Waals surface area contributed by atoms with Gasteiger partial charge in [0.1, 0.15) is 5.82 Å². The SMILES string of the molecule is Nc1ccn(O[C@@H](CO)C2CC2)c(=O)n1. The molecular formula is C9H13N3O3. The summed E-state index contributed by atoms with van der Waals surface area (Å²) >= 11 is 0. The number of hydrogen-bond donors (Lipinski definition) is 2. The molecule has 0 spiro atoms. The molecule has 0 radical (unpaired) electrons. The van der Waals surface area contributed by atoms with Crippen LogP contribution >= 0.6 is 0 Å². The summed E-state index contributed by atoms with van der Waals surface area (Å²) in [7, 11) is 0. The Labute approximate surface area is 86.3 Å². The predicted molar refractivity (Wildman–Crippen MR) is 53.1 cm³/mol. The first-order valence-corrected chi connectivity index (χ1v) is 4.84. The van der Waals surface area contributed by atoms with Gasteiger partial charge in [0.25, 0.3) is 0 Å². The van der Waals surface area contributed by atoms with Crippen LogP contribution in [0.1, 0.15) is 12.8 Å². The molecule has 0 unspecified atom stereocenters. The fourth-order valence-corrected chi connectivity index (χ4v) is 1.37. The molecule has 82 valence electrons. The van der Waals surface area contributed by atoms with Crippen molar-refractivity contribution in [3.05, 3.63) is 22.7 Å². The van der Waals surface area contributed by atoms with Crippen LogP contribution in [0, 0.1) is 5.92 Å². The second-order valence-corrected chi connectivity index (χ2v) is 3.62. The zero-order valence-electron chi connectivity index (χ0n) is 8.17. The summed E-state index contributed by atoms with van der Waals surface area (Å²) in [5.41, 5.74) is 4.77. The van der Waals surface area contributed by atoms with Gasteiger partial charge in [-0.15, -0.1) is 4.73 Å². The van der Waals surface area contributed by atoms with Crippen molar-refractivity contribution in [2.45, 2.75) is 18.9 Å². The minimum absolute atomic E-state index is 0.0958. The molecule has 1 heterocycles. The van der Waals surface area contributed by atoms with Gasteiger partial charge < -0.3 is 15.7 Å². The Morgan fingerprint density at radius 1 is 1.73 bits per heavy atom. The van der Waals surface area contributed by atoms with Crippen LogP contribution in [-0.2, 0) is 0 Å². The molecule has 6 heteroatoms. The van der Waals surface area contributed by atoms with Gasteiger partial charge in [-0.2, -0.15) is 4.98 Å². The highest BCUT2D eigenvalue weighted by Crippen LogP contribution is 2.32. The maximum atomic E-state index is 11.3. The van der Waals surface area contributed by atoms with Crippen LogP contribution in [0.4, 0.5) is 5.82 Å². The van der Waals surface area contributed by atoms with Gasteiger partial charge in [0.15, 0.2) is 6.10 Å². The van der Waals surface area contributed by atoms with E-state index >= 15 is 0 Å². The van der Waals surface area contributed by atoms with Gasteiger partial charge in [-0.25, -0.2) is 4.79 Å². The van der Waals surface area contributed by atoms with Gasteiger partial charge in [-0.05, 0) is 12.8 Å². The Bertz CT molecular complexity index is 400. The van der Waals surface area contributed by atoms with E-state index in [9.17, 15) is 4.79 Å². The van der Waals surface area contributed by atoms with Gasteiger partial charge in [-0.3, -0.25) is 0 Å². The molecule has 0 aliphatic heterocycles. The highest BCUT2D eigenvalue weighted by atomic mass is 16.7. The van der Waals surface area contributed by atoms with E-state index in [-0.39, 0.29) is 18.5 Å². The fraction of sp³-hybridized carbons (Fsp3) is 0.556. The van der Waals surface area contributed by atoms with Gasteiger partial charge in [0.05, 0.1) is 12.8 Å². The van der Waals surface area contributed by atoms with E-state index in [0.29, 0.717) is 5.92 Å². The smallest absolute Gasteiger partial charge is 0.382 e. The Morgan fingerprint density at radius 3 is 3.00 bits per heavy atom. The molecule has 3 N–H and O–H groups in total. The molecule has 1 fully saturated rings. The van der Waals surface area contributed by atoms with Crippen LogP contribution in [-0.4, -0.2) is 27.5 Å². The van der Waals surface area contributed by atoms with Gasteiger partial charge in [0.2, 0.25) is 0 Å². The number of nitrogen functional groups attached to an aromatic ring is 1.